The van der Waals surface area contributed by atoms with Crippen LogP contribution in [0.2, 0.25) is 0 Å². The third-order valence-electron chi connectivity index (χ3n) is 4.91. The Kier molecular flexibility index (Phi) is 5.03. The van der Waals surface area contributed by atoms with Gasteiger partial charge < -0.3 is 4.57 Å². The quantitative estimate of drug-likeness (QED) is 0.328. The molecule has 4 aromatic carbocycles. The number of aromatic nitrogens is 1. The lowest BCUT2D eigenvalue weighted by atomic mass is 9.99. The van der Waals surface area contributed by atoms with Crippen molar-refractivity contribution in [3.63, 3.8) is 0 Å². The third-order valence-corrected chi connectivity index (χ3v) is 4.91. The molecule has 0 unspecified atom stereocenters. The van der Waals surface area contributed by atoms with Crippen LogP contribution >= 0.6 is 0 Å². The molecule has 0 saturated heterocycles. The molecular formula is C26H21NO. The van der Waals surface area contributed by atoms with E-state index in [1.165, 1.54) is 10.9 Å². The van der Waals surface area contributed by atoms with Crippen molar-refractivity contribution in [3.05, 3.63) is 109 Å². The van der Waals surface area contributed by atoms with E-state index in [2.05, 4.69) is 35.9 Å². The smallest absolute Gasteiger partial charge is 0.150 e. The van der Waals surface area contributed by atoms with Crippen LogP contribution in [0, 0.1) is 0 Å². The third kappa shape index (κ3) is 3.33. The Bertz CT molecular complexity index is 1190. The van der Waals surface area contributed by atoms with Gasteiger partial charge in [0.25, 0.3) is 0 Å². The topological polar surface area (TPSA) is 22.0 Å². The molecule has 2 heteroatoms. The van der Waals surface area contributed by atoms with E-state index < -0.39 is 0 Å². The Morgan fingerprint density at radius 1 is 0.679 bits per heavy atom. The molecule has 0 spiro atoms. The van der Waals surface area contributed by atoms with Crippen LogP contribution in [0.4, 0.5) is 0 Å². The van der Waals surface area contributed by atoms with Crippen molar-refractivity contribution in [3.8, 4) is 11.1 Å². The zero-order valence-electron chi connectivity index (χ0n) is 15.7. The van der Waals surface area contributed by atoms with Crippen molar-refractivity contribution in [2.75, 3.05) is 0 Å². The van der Waals surface area contributed by atoms with Crippen molar-refractivity contribution < 1.29 is 4.79 Å². The highest BCUT2D eigenvalue weighted by Gasteiger charge is 2.14. The number of rotatable bonds is 2. The first kappa shape index (κ1) is 17.7. The summed E-state index contributed by atoms with van der Waals surface area (Å²) in [5.74, 6) is 0. The van der Waals surface area contributed by atoms with Crippen LogP contribution in [0.1, 0.15) is 10.4 Å². The molecule has 28 heavy (non-hydrogen) atoms. The average molecular weight is 363 g/mol. The molecule has 0 fully saturated rings. The number of carbonyl (C=O) groups is 1. The predicted molar refractivity (Wildman–Crippen MR) is 118 cm³/mol. The van der Waals surface area contributed by atoms with Gasteiger partial charge in [-0.25, -0.2) is 0 Å². The van der Waals surface area contributed by atoms with E-state index in [1.807, 2.05) is 78.9 Å². The number of benzene rings is 4. The van der Waals surface area contributed by atoms with E-state index in [0.29, 0.717) is 5.56 Å². The molecule has 0 amide bonds. The molecule has 136 valence electrons. The van der Waals surface area contributed by atoms with Gasteiger partial charge in [0.1, 0.15) is 6.29 Å². The van der Waals surface area contributed by atoms with Crippen LogP contribution in [-0.2, 0) is 7.05 Å². The summed E-state index contributed by atoms with van der Waals surface area (Å²) in [7, 11) is 2.08. The van der Waals surface area contributed by atoms with E-state index in [0.717, 1.165) is 28.3 Å². The fourth-order valence-electron chi connectivity index (χ4n) is 3.63. The molecule has 0 bridgehead atoms. The highest BCUT2D eigenvalue weighted by Crippen LogP contribution is 2.36. The molecule has 1 aromatic heterocycles. The maximum atomic E-state index is 11.4. The standard InChI is InChI=1S/C20H15NO.C6H6/c1-21-19-10-6-5-9-16(19)18-12-14(13-22)11-17(20(18)21)15-7-3-2-4-8-15;1-2-4-6-5-3-1/h2-13H,1H3;1-6H. The molecule has 0 aliphatic rings. The first-order valence-electron chi connectivity index (χ1n) is 9.31. The number of nitrogens with zero attached hydrogens (tertiary/aromatic N) is 1. The van der Waals surface area contributed by atoms with Gasteiger partial charge in [-0.3, -0.25) is 4.79 Å². The Morgan fingerprint density at radius 3 is 1.89 bits per heavy atom. The average Bonchev–Trinajstić information content (AvgIpc) is 3.08. The van der Waals surface area contributed by atoms with Crippen LogP contribution in [-0.4, -0.2) is 10.9 Å². The van der Waals surface area contributed by atoms with Gasteiger partial charge >= 0.3 is 0 Å². The maximum Gasteiger partial charge on any atom is 0.150 e. The minimum atomic E-state index is 0.711. The van der Waals surface area contributed by atoms with Gasteiger partial charge in [0.15, 0.2) is 0 Å². The lowest BCUT2D eigenvalue weighted by Gasteiger charge is -2.08. The second-order valence-electron chi connectivity index (χ2n) is 6.68. The van der Waals surface area contributed by atoms with Gasteiger partial charge in [-0.1, -0.05) is 84.9 Å². The fraction of sp³-hybridized carbons (Fsp3) is 0.0385. The van der Waals surface area contributed by atoms with Gasteiger partial charge in [0.2, 0.25) is 0 Å². The van der Waals surface area contributed by atoms with Crippen molar-refractivity contribution in [1.82, 2.24) is 4.57 Å². The summed E-state index contributed by atoms with van der Waals surface area (Å²) >= 11 is 0. The van der Waals surface area contributed by atoms with Crippen molar-refractivity contribution in [2.45, 2.75) is 0 Å². The number of carbonyl (C=O) groups excluding carboxylic acids is 1. The van der Waals surface area contributed by atoms with E-state index >= 15 is 0 Å². The summed E-state index contributed by atoms with van der Waals surface area (Å²) in [6.07, 6.45) is 0.924. The lowest BCUT2D eigenvalue weighted by Crippen LogP contribution is -1.91. The van der Waals surface area contributed by atoms with E-state index in [1.54, 1.807) is 0 Å². The second-order valence-corrected chi connectivity index (χ2v) is 6.68. The van der Waals surface area contributed by atoms with E-state index in [4.69, 9.17) is 0 Å². The van der Waals surface area contributed by atoms with Gasteiger partial charge in [-0.15, -0.1) is 0 Å². The molecule has 1 heterocycles. The molecule has 0 saturated carbocycles. The summed E-state index contributed by atoms with van der Waals surface area (Å²) in [4.78, 5) is 11.4. The molecule has 5 aromatic rings. The fourth-order valence-corrected chi connectivity index (χ4v) is 3.63. The highest BCUT2D eigenvalue weighted by molar-refractivity contribution is 6.14. The summed E-state index contributed by atoms with van der Waals surface area (Å²) in [5.41, 5.74) is 5.28. The second kappa shape index (κ2) is 7.93. The molecule has 2 nitrogen and oxygen atoms in total. The molecular weight excluding hydrogens is 342 g/mol. The molecule has 5 rings (SSSR count). The minimum Gasteiger partial charge on any atom is -0.343 e. The summed E-state index contributed by atoms with van der Waals surface area (Å²) in [6, 6.07) is 34.5. The van der Waals surface area contributed by atoms with Crippen LogP contribution in [0.5, 0.6) is 0 Å². The molecule has 0 aliphatic carbocycles. The number of para-hydroxylation sites is 1. The Balaban J connectivity index is 0.000000275. The predicted octanol–water partition coefficient (Wildman–Crippen LogP) is 6.50. The normalized spacial score (nSPS) is 10.5. The number of aryl methyl sites for hydroxylation is 1. The Labute approximate surface area is 164 Å². The summed E-state index contributed by atoms with van der Waals surface area (Å²) < 4.78 is 2.21. The van der Waals surface area contributed by atoms with E-state index in [-0.39, 0.29) is 0 Å². The lowest BCUT2D eigenvalue weighted by molar-refractivity contribution is 0.112. The zero-order valence-corrected chi connectivity index (χ0v) is 15.7. The minimum absolute atomic E-state index is 0.711. The molecule has 0 aliphatic heterocycles. The van der Waals surface area contributed by atoms with Gasteiger partial charge in [0, 0.05) is 34.5 Å². The van der Waals surface area contributed by atoms with Gasteiger partial charge in [0.05, 0.1) is 5.52 Å². The number of aldehydes is 1. The molecule has 0 radical (unpaired) electrons. The van der Waals surface area contributed by atoms with Crippen LogP contribution in [0.25, 0.3) is 32.9 Å². The maximum absolute atomic E-state index is 11.4. The number of hydrogen-bond donors (Lipinski definition) is 0. The van der Waals surface area contributed by atoms with Gasteiger partial charge in [-0.05, 0) is 23.8 Å². The first-order chi connectivity index (χ1) is 13.8. The number of hydrogen-bond acceptors (Lipinski definition) is 1. The van der Waals surface area contributed by atoms with Crippen molar-refractivity contribution in [2.24, 2.45) is 7.05 Å². The van der Waals surface area contributed by atoms with E-state index in [9.17, 15) is 4.79 Å². The van der Waals surface area contributed by atoms with Crippen molar-refractivity contribution >= 4 is 28.1 Å². The summed E-state index contributed by atoms with van der Waals surface area (Å²) in [6.45, 7) is 0. The molecule has 0 N–H and O–H groups in total. The van der Waals surface area contributed by atoms with Gasteiger partial charge in [-0.2, -0.15) is 0 Å². The van der Waals surface area contributed by atoms with Crippen LogP contribution in [0.15, 0.2) is 103 Å². The number of fused-ring (bicyclic) bond motifs is 3. The Hall–Kier alpha value is -3.65. The highest BCUT2D eigenvalue weighted by atomic mass is 16.1. The SMILES string of the molecule is Cn1c2ccccc2c2cc(C=O)cc(-c3ccccc3)c21.c1ccccc1. The van der Waals surface area contributed by atoms with Crippen molar-refractivity contribution in [1.29, 1.82) is 0 Å². The molecule has 0 atom stereocenters. The zero-order chi connectivity index (χ0) is 19.3. The van der Waals surface area contributed by atoms with Crippen LogP contribution in [0.3, 0.4) is 0 Å². The first-order valence-corrected chi connectivity index (χ1v) is 9.31. The largest absolute Gasteiger partial charge is 0.343 e. The monoisotopic (exact) mass is 363 g/mol. The van der Waals surface area contributed by atoms with Crippen LogP contribution < -0.4 is 0 Å². The Morgan fingerprint density at radius 2 is 1.25 bits per heavy atom. The summed E-state index contributed by atoms with van der Waals surface area (Å²) in [5, 5.41) is 2.31.